The molecule has 33 heavy (non-hydrogen) atoms. The van der Waals surface area contributed by atoms with Gasteiger partial charge in [-0.15, -0.1) is 0 Å². The second-order valence-corrected chi connectivity index (χ2v) is 9.63. The summed E-state index contributed by atoms with van der Waals surface area (Å²) in [4.78, 5) is 39.7. The van der Waals surface area contributed by atoms with E-state index in [0.29, 0.717) is 17.7 Å². The molecule has 0 atom stereocenters. The number of anilines is 1. The van der Waals surface area contributed by atoms with Gasteiger partial charge in [0.25, 0.3) is 11.8 Å². The first kappa shape index (κ1) is 23.1. The number of hydrogen-bond acceptors (Lipinski definition) is 3. The van der Waals surface area contributed by atoms with E-state index in [1.807, 2.05) is 68.4 Å². The van der Waals surface area contributed by atoms with Gasteiger partial charge in [-0.3, -0.25) is 14.9 Å². The molecule has 3 aromatic carbocycles. The van der Waals surface area contributed by atoms with E-state index >= 15 is 0 Å². The van der Waals surface area contributed by atoms with Gasteiger partial charge in [0, 0.05) is 8.95 Å². The lowest BCUT2D eigenvalue weighted by molar-refractivity contribution is -0.122. The summed E-state index contributed by atoms with van der Waals surface area (Å²) in [7, 11) is 0. The van der Waals surface area contributed by atoms with E-state index in [1.165, 1.54) is 0 Å². The molecular formula is C26H20Br2N2O3. The number of nitrogens with zero attached hydrogens (tertiary/aromatic N) is 1. The molecule has 3 aromatic rings. The van der Waals surface area contributed by atoms with Gasteiger partial charge in [-0.1, -0.05) is 68.3 Å². The zero-order valence-electron chi connectivity index (χ0n) is 18.0. The van der Waals surface area contributed by atoms with Gasteiger partial charge in [0.2, 0.25) is 0 Å². The molecule has 1 aliphatic rings. The van der Waals surface area contributed by atoms with Crippen molar-refractivity contribution in [3.8, 4) is 0 Å². The number of aryl methyl sites for hydroxylation is 2. The minimum absolute atomic E-state index is 0.0954. The second kappa shape index (κ2) is 9.45. The Kier molecular flexibility index (Phi) is 6.63. The summed E-state index contributed by atoms with van der Waals surface area (Å²) in [5, 5.41) is 2.31. The quantitative estimate of drug-likeness (QED) is 0.306. The third-order valence-corrected chi connectivity index (χ3v) is 6.72. The highest BCUT2D eigenvalue weighted by Gasteiger charge is 2.37. The molecule has 0 aliphatic carbocycles. The van der Waals surface area contributed by atoms with Gasteiger partial charge in [-0.2, -0.15) is 0 Å². The molecule has 0 bridgehead atoms. The Labute approximate surface area is 208 Å². The lowest BCUT2D eigenvalue weighted by Crippen LogP contribution is -2.54. The van der Waals surface area contributed by atoms with Crippen LogP contribution < -0.4 is 10.2 Å². The number of rotatable bonds is 4. The van der Waals surface area contributed by atoms with E-state index in [1.54, 1.807) is 12.1 Å². The Balaban J connectivity index is 1.78. The molecule has 166 valence electrons. The third-order valence-electron chi connectivity index (χ3n) is 5.45. The highest BCUT2D eigenvalue weighted by atomic mass is 79.9. The molecule has 0 aromatic heterocycles. The first-order valence-corrected chi connectivity index (χ1v) is 11.8. The smallest absolute Gasteiger partial charge is 0.273 e. The van der Waals surface area contributed by atoms with Gasteiger partial charge >= 0.3 is 6.03 Å². The Hall–Kier alpha value is -3.03. The Bertz CT molecular complexity index is 1330. The van der Waals surface area contributed by atoms with Crippen LogP contribution in [0.2, 0.25) is 0 Å². The Morgan fingerprint density at radius 3 is 2.42 bits per heavy atom. The molecule has 4 rings (SSSR count). The average Bonchev–Trinajstić information content (AvgIpc) is 2.76. The predicted octanol–water partition coefficient (Wildman–Crippen LogP) is 6.09. The number of amides is 4. The molecule has 1 aliphatic heterocycles. The number of carbonyl (C=O) groups is 3. The molecule has 0 saturated carbocycles. The number of imide groups is 2. The lowest BCUT2D eigenvalue weighted by Gasteiger charge is -2.28. The van der Waals surface area contributed by atoms with Crippen LogP contribution >= 0.6 is 31.9 Å². The van der Waals surface area contributed by atoms with Crippen molar-refractivity contribution in [2.45, 2.75) is 20.3 Å². The lowest BCUT2D eigenvalue weighted by atomic mass is 9.97. The molecule has 0 radical (unpaired) electrons. The summed E-state index contributed by atoms with van der Waals surface area (Å²) in [5.74, 6) is -1.36. The molecule has 1 N–H and O–H groups in total. The number of urea groups is 1. The Morgan fingerprint density at radius 2 is 1.67 bits per heavy atom. The van der Waals surface area contributed by atoms with Gasteiger partial charge in [0.15, 0.2) is 0 Å². The fourth-order valence-corrected chi connectivity index (χ4v) is 4.50. The highest BCUT2D eigenvalue weighted by molar-refractivity contribution is 9.10. The molecule has 7 heteroatoms. The fraction of sp³-hybridized carbons (Fsp3) is 0.115. The van der Waals surface area contributed by atoms with Crippen molar-refractivity contribution in [3.05, 3.63) is 103 Å². The van der Waals surface area contributed by atoms with Crippen molar-refractivity contribution >= 4 is 61.5 Å². The second-order valence-electron chi connectivity index (χ2n) is 7.86. The summed E-state index contributed by atoms with van der Waals surface area (Å²) >= 11 is 7.05. The first-order valence-electron chi connectivity index (χ1n) is 10.2. The number of hydrogen-bond donors (Lipinski definition) is 1. The van der Waals surface area contributed by atoms with Crippen molar-refractivity contribution < 1.29 is 14.4 Å². The molecular weight excluding hydrogens is 548 g/mol. The number of benzene rings is 3. The van der Waals surface area contributed by atoms with Gasteiger partial charge in [-0.25, -0.2) is 9.69 Å². The van der Waals surface area contributed by atoms with E-state index in [-0.39, 0.29) is 5.57 Å². The van der Waals surface area contributed by atoms with Crippen LogP contribution in [0.1, 0.15) is 27.8 Å². The molecule has 0 spiro atoms. The molecule has 1 saturated heterocycles. The summed E-state index contributed by atoms with van der Waals surface area (Å²) in [6.07, 6.45) is 2.16. The number of carbonyl (C=O) groups excluding carboxylic acids is 3. The van der Waals surface area contributed by atoms with Crippen LogP contribution in [-0.4, -0.2) is 17.8 Å². The maximum Gasteiger partial charge on any atom is 0.335 e. The standard InChI is InChI=1S/C26H20Br2N2O3/c1-15-7-8-16(2)23(11-15)30-25(32)21(24(31)29-26(30)33)14-19-13-20(27)10-9-17(19)12-18-5-3-4-6-22(18)28/h3-11,13-14H,12H2,1-2H3,(H,29,31,33)/b21-14+. The first-order chi connectivity index (χ1) is 15.7. The topological polar surface area (TPSA) is 66.5 Å². The van der Waals surface area contributed by atoms with Crippen LogP contribution in [-0.2, 0) is 16.0 Å². The van der Waals surface area contributed by atoms with E-state index in [2.05, 4.69) is 37.2 Å². The van der Waals surface area contributed by atoms with Crippen molar-refractivity contribution in [1.82, 2.24) is 5.32 Å². The van der Waals surface area contributed by atoms with Crippen molar-refractivity contribution in [3.63, 3.8) is 0 Å². The zero-order chi connectivity index (χ0) is 23.7. The molecule has 5 nitrogen and oxygen atoms in total. The highest BCUT2D eigenvalue weighted by Crippen LogP contribution is 2.29. The van der Waals surface area contributed by atoms with Gasteiger partial charge < -0.3 is 0 Å². The minimum Gasteiger partial charge on any atom is -0.273 e. The van der Waals surface area contributed by atoms with Gasteiger partial charge in [0.1, 0.15) is 5.57 Å². The van der Waals surface area contributed by atoms with Gasteiger partial charge in [0.05, 0.1) is 5.69 Å². The van der Waals surface area contributed by atoms with E-state index < -0.39 is 17.8 Å². The maximum atomic E-state index is 13.4. The van der Waals surface area contributed by atoms with Crippen LogP contribution in [0.3, 0.4) is 0 Å². The van der Waals surface area contributed by atoms with Crippen molar-refractivity contribution in [2.75, 3.05) is 4.90 Å². The molecule has 0 unspecified atom stereocenters. The summed E-state index contributed by atoms with van der Waals surface area (Å²) < 4.78 is 1.79. The van der Waals surface area contributed by atoms with Crippen molar-refractivity contribution in [1.29, 1.82) is 0 Å². The average molecular weight is 568 g/mol. The Morgan fingerprint density at radius 1 is 0.909 bits per heavy atom. The number of nitrogens with one attached hydrogen (secondary N) is 1. The fourth-order valence-electron chi connectivity index (χ4n) is 3.70. The third kappa shape index (κ3) is 4.84. The minimum atomic E-state index is -0.751. The van der Waals surface area contributed by atoms with E-state index in [4.69, 9.17) is 0 Å². The normalized spacial score (nSPS) is 15.2. The number of halogens is 2. The van der Waals surface area contributed by atoms with Gasteiger partial charge in [-0.05, 0) is 78.4 Å². The summed E-state index contributed by atoms with van der Waals surface area (Å²) in [6, 6.07) is 18.4. The summed E-state index contributed by atoms with van der Waals surface area (Å²) in [5.41, 5.74) is 4.75. The molecule has 4 amide bonds. The summed E-state index contributed by atoms with van der Waals surface area (Å²) in [6.45, 7) is 3.70. The molecule has 1 heterocycles. The predicted molar refractivity (Wildman–Crippen MR) is 136 cm³/mol. The zero-order valence-corrected chi connectivity index (χ0v) is 21.2. The monoisotopic (exact) mass is 566 g/mol. The van der Waals surface area contributed by atoms with Crippen LogP contribution in [0.25, 0.3) is 6.08 Å². The van der Waals surface area contributed by atoms with Crippen LogP contribution in [0, 0.1) is 13.8 Å². The SMILES string of the molecule is Cc1ccc(C)c(N2C(=O)NC(=O)/C(=C\c3cc(Br)ccc3Cc3ccccc3Br)C2=O)c1. The van der Waals surface area contributed by atoms with Crippen molar-refractivity contribution in [2.24, 2.45) is 0 Å². The van der Waals surface area contributed by atoms with Crippen LogP contribution in [0.4, 0.5) is 10.5 Å². The molecule has 1 fully saturated rings. The largest absolute Gasteiger partial charge is 0.335 e. The van der Waals surface area contributed by atoms with Crippen LogP contribution in [0.15, 0.2) is 75.2 Å². The number of barbiturate groups is 1. The van der Waals surface area contributed by atoms with E-state index in [9.17, 15) is 14.4 Å². The van der Waals surface area contributed by atoms with Crippen LogP contribution in [0.5, 0.6) is 0 Å². The maximum absolute atomic E-state index is 13.4. The van der Waals surface area contributed by atoms with E-state index in [0.717, 1.165) is 36.1 Å².